The van der Waals surface area contributed by atoms with E-state index in [0.717, 1.165) is 6.42 Å². The third-order valence-corrected chi connectivity index (χ3v) is 4.26. The van der Waals surface area contributed by atoms with E-state index in [1.807, 2.05) is 13.8 Å². The number of carbonyl (C=O) groups excluding carboxylic acids is 2. The number of ether oxygens (including phenoxy) is 1. The van der Waals surface area contributed by atoms with Crippen LogP contribution in [0.1, 0.15) is 69.0 Å². The summed E-state index contributed by atoms with van der Waals surface area (Å²) in [6.45, 7) is 10.3. The van der Waals surface area contributed by atoms with Gasteiger partial charge in [-0.3, -0.25) is 4.79 Å². The highest BCUT2D eigenvalue weighted by Crippen LogP contribution is 2.24. The van der Waals surface area contributed by atoms with Crippen LogP contribution >= 0.6 is 11.3 Å². The molecular formula is C17H29N3O3S. The second-order valence-corrected chi connectivity index (χ2v) is 7.58. The summed E-state index contributed by atoms with van der Waals surface area (Å²) in [7, 11) is 0. The summed E-state index contributed by atoms with van der Waals surface area (Å²) < 4.78 is 4.97. The van der Waals surface area contributed by atoms with Gasteiger partial charge in [-0.15, -0.1) is 11.3 Å². The molecule has 2 unspecified atom stereocenters. The van der Waals surface area contributed by atoms with Crippen LogP contribution in [0.25, 0.3) is 0 Å². The van der Waals surface area contributed by atoms with E-state index in [-0.39, 0.29) is 11.9 Å². The van der Waals surface area contributed by atoms with Gasteiger partial charge in [-0.2, -0.15) is 0 Å². The van der Waals surface area contributed by atoms with E-state index >= 15 is 0 Å². The van der Waals surface area contributed by atoms with Crippen molar-refractivity contribution in [3.8, 4) is 0 Å². The van der Waals surface area contributed by atoms with Crippen LogP contribution < -0.4 is 11.1 Å². The first-order valence-electron chi connectivity index (χ1n) is 8.43. The summed E-state index contributed by atoms with van der Waals surface area (Å²) in [4.78, 5) is 28.5. The Morgan fingerprint density at radius 3 is 2.42 bits per heavy atom. The standard InChI is InChI=1S/C17H29N3O3S/c1-6-23-17(22)16-20-14(9-24-16)13(8-11(4)5)19-15(21)12(18)7-10(2)3/h9-13H,6-8,18H2,1-5H3,(H,19,21). The van der Waals surface area contributed by atoms with E-state index in [0.29, 0.717) is 35.6 Å². The number of amides is 1. The van der Waals surface area contributed by atoms with E-state index in [4.69, 9.17) is 10.5 Å². The number of nitrogens with zero attached hydrogens (tertiary/aromatic N) is 1. The van der Waals surface area contributed by atoms with Gasteiger partial charge in [0.1, 0.15) is 0 Å². The van der Waals surface area contributed by atoms with Crippen molar-refractivity contribution in [2.24, 2.45) is 17.6 Å². The first kappa shape index (κ1) is 20.6. The number of thiazole rings is 1. The molecule has 0 saturated carbocycles. The average Bonchev–Trinajstić information content (AvgIpc) is 2.95. The molecule has 1 amide bonds. The Bertz CT molecular complexity index is 543. The molecule has 0 saturated heterocycles. The number of hydrogen-bond donors (Lipinski definition) is 2. The second kappa shape index (κ2) is 9.74. The van der Waals surface area contributed by atoms with Gasteiger partial charge in [0.15, 0.2) is 0 Å². The fourth-order valence-electron chi connectivity index (χ4n) is 2.35. The molecule has 3 N–H and O–H groups in total. The molecule has 0 aliphatic heterocycles. The van der Waals surface area contributed by atoms with E-state index < -0.39 is 12.0 Å². The maximum atomic E-state index is 12.3. The zero-order valence-electron chi connectivity index (χ0n) is 15.2. The highest BCUT2D eigenvalue weighted by Gasteiger charge is 2.24. The Balaban J connectivity index is 2.85. The lowest BCUT2D eigenvalue weighted by Crippen LogP contribution is -2.43. The summed E-state index contributed by atoms with van der Waals surface area (Å²) in [5.74, 6) is 0.105. The predicted octanol–water partition coefficient (Wildman–Crippen LogP) is 2.90. The smallest absolute Gasteiger partial charge is 0.367 e. The molecule has 1 heterocycles. The molecule has 0 aliphatic carbocycles. The molecule has 2 atom stereocenters. The highest BCUT2D eigenvalue weighted by atomic mass is 32.1. The lowest BCUT2D eigenvalue weighted by molar-refractivity contribution is -0.123. The molecule has 1 rings (SSSR count). The van der Waals surface area contributed by atoms with E-state index in [1.165, 1.54) is 11.3 Å². The fraction of sp³-hybridized carbons (Fsp3) is 0.706. The van der Waals surface area contributed by atoms with Crippen molar-refractivity contribution in [1.29, 1.82) is 0 Å². The minimum atomic E-state index is -0.539. The minimum absolute atomic E-state index is 0.181. The van der Waals surface area contributed by atoms with Crippen molar-refractivity contribution >= 4 is 23.2 Å². The number of rotatable bonds is 9. The summed E-state index contributed by atoms with van der Waals surface area (Å²) in [6, 6.07) is -0.794. The molecule has 24 heavy (non-hydrogen) atoms. The largest absolute Gasteiger partial charge is 0.461 e. The van der Waals surface area contributed by atoms with Crippen LogP contribution in [0.3, 0.4) is 0 Å². The van der Waals surface area contributed by atoms with Crippen LogP contribution in [-0.2, 0) is 9.53 Å². The van der Waals surface area contributed by atoms with Gasteiger partial charge in [0.25, 0.3) is 0 Å². The van der Waals surface area contributed by atoms with Crippen molar-refractivity contribution in [3.05, 3.63) is 16.1 Å². The van der Waals surface area contributed by atoms with Crippen LogP contribution in [0.5, 0.6) is 0 Å². The normalized spacial score (nSPS) is 13.8. The van der Waals surface area contributed by atoms with E-state index in [9.17, 15) is 9.59 Å². The van der Waals surface area contributed by atoms with Crippen LogP contribution in [0.4, 0.5) is 0 Å². The molecule has 1 aromatic rings. The van der Waals surface area contributed by atoms with Crippen LogP contribution in [0.2, 0.25) is 0 Å². The summed E-state index contributed by atoms with van der Waals surface area (Å²) in [6.07, 6.45) is 1.36. The molecule has 0 spiro atoms. The molecule has 1 aromatic heterocycles. The topological polar surface area (TPSA) is 94.3 Å². The van der Waals surface area contributed by atoms with Crippen molar-refractivity contribution in [3.63, 3.8) is 0 Å². The molecule has 0 bridgehead atoms. The highest BCUT2D eigenvalue weighted by molar-refractivity contribution is 7.11. The summed E-state index contributed by atoms with van der Waals surface area (Å²) in [5, 5.41) is 5.09. The Kier molecular flexibility index (Phi) is 8.35. The van der Waals surface area contributed by atoms with Gasteiger partial charge in [0.05, 0.1) is 24.4 Å². The van der Waals surface area contributed by atoms with Gasteiger partial charge < -0.3 is 15.8 Å². The maximum absolute atomic E-state index is 12.3. The quantitative estimate of drug-likeness (QED) is 0.664. The van der Waals surface area contributed by atoms with Gasteiger partial charge >= 0.3 is 5.97 Å². The average molecular weight is 356 g/mol. The van der Waals surface area contributed by atoms with Gasteiger partial charge in [-0.1, -0.05) is 27.7 Å². The predicted molar refractivity (Wildman–Crippen MR) is 95.8 cm³/mol. The number of esters is 1. The monoisotopic (exact) mass is 355 g/mol. The van der Waals surface area contributed by atoms with Gasteiger partial charge in [-0.05, 0) is 31.6 Å². The van der Waals surface area contributed by atoms with Crippen molar-refractivity contribution in [2.75, 3.05) is 6.61 Å². The molecule has 0 aliphatic rings. The van der Waals surface area contributed by atoms with Crippen LogP contribution in [0.15, 0.2) is 5.38 Å². The van der Waals surface area contributed by atoms with E-state index in [1.54, 1.807) is 12.3 Å². The number of hydrogen-bond acceptors (Lipinski definition) is 6. The SMILES string of the molecule is CCOC(=O)c1nc(C(CC(C)C)NC(=O)C(N)CC(C)C)cs1. The molecule has 0 radical (unpaired) electrons. The third-order valence-electron chi connectivity index (χ3n) is 3.41. The summed E-state index contributed by atoms with van der Waals surface area (Å²) in [5.41, 5.74) is 6.65. The Morgan fingerprint density at radius 2 is 1.88 bits per heavy atom. The fourth-order valence-corrected chi connectivity index (χ4v) is 3.11. The van der Waals surface area contributed by atoms with E-state index in [2.05, 4.69) is 24.1 Å². The van der Waals surface area contributed by atoms with Gasteiger partial charge in [0.2, 0.25) is 10.9 Å². The number of nitrogens with two attached hydrogens (primary N) is 1. The van der Waals surface area contributed by atoms with Gasteiger partial charge in [0, 0.05) is 5.38 Å². The van der Waals surface area contributed by atoms with Crippen molar-refractivity contribution in [2.45, 2.75) is 59.5 Å². The molecule has 136 valence electrons. The van der Waals surface area contributed by atoms with Crippen molar-refractivity contribution in [1.82, 2.24) is 10.3 Å². The first-order valence-corrected chi connectivity index (χ1v) is 9.31. The Labute approximate surface area is 148 Å². The van der Waals surface area contributed by atoms with Crippen LogP contribution in [0, 0.1) is 11.8 Å². The van der Waals surface area contributed by atoms with Crippen LogP contribution in [-0.4, -0.2) is 29.5 Å². The number of nitrogens with one attached hydrogen (secondary N) is 1. The molecule has 6 nitrogen and oxygen atoms in total. The minimum Gasteiger partial charge on any atom is -0.461 e. The molecule has 0 fully saturated rings. The van der Waals surface area contributed by atoms with Crippen molar-refractivity contribution < 1.29 is 14.3 Å². The Morgan fingerprint density at radius 1 is 1.25 bits per heavy atom. The maximum Gasteiger partial charge on any atom is 0.367 e. The number of aromatic nitrogens is 1. The summed E-state index contributed by atoms with van der Waals surface area (Å²) >= 11 is 1.23. The third kappa shape index (κ3) is 6.57. The zero-order valence-corrected chi connectivity index (χ0v) is 16.0. The molecule has 0 aromatic carbocycles. The molecular weight excluding hydrogens is 326 g/mol. The number of carbonyl (C=O) groups is 2. The lowest BCUT2D eigenvalue weighted by Gasteiger charge is -2.22. The first-order chi connectivity index (χ1) is 11.2. The zero-order chi connectivity index (χ0) is 18.3. The van der Waals surface area contributed by atoms with Gasteiger partial charge in [-0.25, -0.2) is 9.78 Å². The Hall–Kier alpha value is -1.47. The molecule has 7 heteroatoms. The second-order valence-electron chi connectivity index (χ2n) is 6.72. The lowest BCUT2D eigenvalue weighted by atomic mass is 10.00.